The van der Waals surface area contributed by atoms with Gasteiger partial charge in [-0.05, 0) is 64.9 Å². The molecule has 1 atom stereocenters. The van der Waals surface area contributed by atoms with Crippen LogP contribution in [0.25, 0.3) is 22.3 Å². The maximum absolute atomic E-state index is 5.27. The summed E-state index contributed by atoms with van der Waals surface area (Å²) in [4.78, 5) is 5.27. The average Bonchev–Trinajstić information content (AvgIpc) is 3.36. The van der Waals surface area contributed by atoms with Gasteiger partial charge in [-0.25, -0.2) is 4.98 Å². The molecule has 7 rings (SSSR count). The van der Waals surface area contributed by atoms with E-state index in [1.54, 1.807) is 0 Å². The van der Waals surface area contributed by atoms with E-state index in [1.165, 1.54) is 39.0 Å². The molecule has 0 saturated carbocycles. The van der Waals surface area contributed by atoms with E-state index in [1.807, 2.05) is 0 Å². The predicted octanol–water partition coefficient (Wildman–Crippen LogP) is 6.55. The van der Waals surface area contributed by atoms with Gasteiger partial charge in [0.1, 0.15) is 11.2 Å². The molecule has 29 heavy (non-hydrogen) atoms. The van der Waals surface area contributed by atoms with Crippen LogP contribution in [0.4, 0.5) is 0 Å². The molecule has 0 radical (unpaired) electrons. The lowest BCUT2D eigenvalue weighted by Gasteiger charge is -2.30. The van der Waals surface area contributed by atoms with Gasteiger partial charge in [-0.1, -0.05) is 70.5 Å². The first-order valence-corrected chi connectivity index (χ1v) is 10.9. The van der Waals surface area contributed by atoms with Crippen LogP contribution in [0.3, 0.4) is 0 Å². The van der Waals surface area contributed by atoms with Crippen LogP contribution in [0.5, 0.6) is 0 Å². The van der Waals surface area contributed by atoms with Gasteiger partial charge < -0.3 is 0 Å². The van der Waals surface area contributed by atoms with Gasteiger partial charge in [0, 0.05) is 4.47 Å². The minimum Gasteiger partial charge on any atom is -0.295 e. The summed E-state index contributed by atoms with van der Waals surface area (Å²) in [5, 5.41) is 0. The number of para-hydroxylation sites is 1. The number of allylic oxidation sites excluding steroid dienone is 4. The Balaban J connectivity index is 1.72. The van der Waals surface area contributed by atoms with E-state index < -0.39 is 0 Å². The van der Waals surface area contributed by atoms with Crippen LogP contribution in [0.15, 0.2) is 88.9 Å². The summed E-state index contributed by atoms with van der Waals surface area (Å²) in [6.07, 6.45) is 6.80. The normalized spacial score (nSPS) is 20.9. The quantitative estimate of drug-likeness (QED) is 0.305. The van der Waals surface area contributed by atoms with Crippen molar-refractivity contribution in [3.8, 4) is 5.69 Å². The van der Waals surface area contributed by atoms with Crippen LogP contribution in [0.1, 0.15) is 35.4 Å². The molecule has 2 aliphatic carbocycles. The molecule has 0 N–H and O–H groups in total. The molecule has 1 unspecified atom stereocenters. The second-order valence-electron chi connectivity index (χ2n) is 8.05. The van der Waals surface area contributed by atoms with Crippen molar-refractivity contribution in [2.45, 2.75) is 18.3 Å². The predicted molar refractivity (Wildman–Crippen MR) is 120 cm³/mol. The lowest BCUT2D eigenvalue weighted by molar-refractivity contribution is 0.677. The van der Waals surface area contributed by atoms with Gasteiger partial charge in [-0.3, -0.25) is 4.57 Å². The molecule has 3 aromatic carbocycles. The molecule has 0 fully saturated rings. The number of fused-ring (bicyclic) bond motifs is 11. The number of hydrogen-bond donors (Lipinski definition) is 0. The van der Waals surface area contributed by atoms with Crippen molar-refractivity contribution in [3.63, 3.8) is 0 Å². The second kappa shape index (κ2) is 5.37. The first-order chi connectivity index (χ1) is 14.3. The third kappa shape index (κ3) is 1.76. The molecule has 1 aliphatic heterocycles. The summed E-state index contributed by atoms with van der Waals surface area (Å²) in [6.45, 7) is 0. The summed E-state index contributed by atoms with van der Waals surface area (Å²) in [5.41, 5.74) is 10.2. The summed E-state index contributed by atoms with van der Waals surface area (Å²) in [6, 6.07) is 24.2. The van der Waals surface area contributed by atoms with E-state index in [-0.39, 0.29) is 5.41 Å². The Labute approximate surface area is 177 Å². The van der Waals surface area contributed by atoms with Crippen molar-refractivity contribution < 1.29 is 0 Å². The average molecular weight is 437 g/mol. The van der Waals surface area contributed by atoms with Crippen molar-refractivity contribution in [3.05, 3.63) is 111 Å². The molecule has 1 spiro atoms. The molecule has 2 nitrogen and oxygen atoms in total. The highest BCUT2D eigenvalue weighted by Crippen LogP contribution is 2.61. The van der Waals surface area contributed by atoms with E-state index in [0.29, 0.717) is 0 Å². The fourth-order valence-corrected chi connectivity index (χ4v) is 6.08. The van der Waals surface area contributed by atoms with Crippen LogP contribution in [-0.4, -0.2) is 9.55 Å². The van der Waals surface area contributed by atoms with Crippen LogP contribution in [0, 0.1) is 0 Å². The van der Waals surface area contributed by atoms with E-state index in [0.717, 1.165) is 28.7 Å². The van der Waals surface area contributed by atoms with Gasteiger partial charge in [0.2, 0.25) is 0 Å². The standard InChI is InChI=1S/C26H17BrN2/c27-16-13-14-24-22(15-16)28-25-26(21-11-5-6-12-23(21)29(24)25)19-9-3-1-7-17(19)18-8-2-4-10-20(18)26/h1-3,5-9,11-15H,4,10H2. The summed E-state index contributed by atoms with van der Waals surface area (Å²) < 4.78 is 3.46. The maximum atomic E-state index is 5.27. The topological polar surface area (TPSA) is 17.8 Å². The molecule has 1 aromatic heterocycles. The Morgan fingerprint density at radius 1 is 0.931 bits per heavy atom. The zero-order chi connectivity index (χ0) is 19.2. The molecule has 3 heteroatoms. The Kier molecular flexibility index (Phi) is 2.95. The highest BCUT2D eigenvalue weighted by molar-refractivity contribution is 9.10. The zero-order valence-electron chi connectivity index (χ0n) is 15.7. The third-order valence-electron chi connectivity index (χ3n) is 6.75. The Morgan fingerprint density at radius 2 is 1.76 bits per heavy atom. The lowest BCUT2D eigenvalue weighted by Crippen LogP contribution is -2.29. The molecule has 0 bridgehead atoms. The maximum Gasteiger partial charge on any atom is 0.133 e. The highest BCUT2D eigenvalue weighted by Gasteiger charge is 2.54. The van der Waals surface area contributed by atoms with Crippen LogP contribution < -0.4 is 0 Å². The van der Waals surface area contributed by atoms with E-state index >= 15 is 0 Å². The molecule has 3 aliphatic rings. The smallest absolute Gasteiger partial charge is 0.133 e. The molecule has 138 valence electrons. The van der Waals surface area contributed by atoms with E-state index in [2.05, 4.69) is 99.4 Å². The first-order valence-electron chi connectivity index (χ1n) is 10.1. The summed E-state index contributed by atoms with van der Waals surface area (Å²) >= 11 is 3.63. The molecule has 2 heterocycles. The van der Waals surface area contributed by atoms with Crippen molar-refractivity contribution in [2.75, 3.05) is 0 Å². The number of hydrogen-bond acceptors (Lipinski definition) is 1. The van der Waals surface area contributed by atoms with Gasteiger partial charge in [-0.2, -0.15) is 0 Å². The molecule has 0 saturated heterocycles. The van der Waals surface area contributed by atoms with Gasteiger partial charge in [0.05, 0.1) is 16.7 Å². The number of halogens is 1. The van der Waals surface area contributed by atoms with Crippen molar-refractivity contribution in [1.29, 1.82) is 0 Å². The van der Waals surface area contributed by atoms with Gasteiger partial charge in [0.15, 0.2) is 0 Å². The Morgan fingerprint density at radius 3 is 2.69 bits per heavy atom. The lowest BCUT2D eigenvalue weighted by atomic mass is 9.70. The Bertz CT molecular complexity index is 1420. The minimum atomic E-state index is -0.293. The van der Waals surface area contributed by atoms with Crippen LogP contribution >= 0.6 is 15.9 Å². The zero-order valence-corrected chi connectivity index (χ0v) is 17.3. The fourth-order valence-electron chi connectivity index (χ4n) is 5.73. The van der Waals surface area contributed by atoms with E-state index in [9.17, 15) is 0 Å². The number of imidazole rings is 1. The molecular formula is C26H17BrN2. The van der Waals surface area contributed by atoms with E-state index in [4.69, 9.17) is 4.98 Å². The van der Waals surface area contributed by atoms with Gasteiger partial charge >= 0.3 is 0 Å². The molecule has 0 amide bonds. The largest absolute Gasteiger partial charge is 0.295 e. The summed E-state index contributed by atoms with van der Waals surface area (Å²) in [5.74, 6) is 1.14. The van der Waals surface area contributed by atoms with Crippen LogP contribution in [-0.2, 0) is 5.41 Å². The van der Waals surface area contributed by atoms with Gasteiger partial charge in [0.25, 0.3) is 0 Å². The SMILES string of the molecule is Brc1ccc2c(c1)nc1n2-c2ccccc2C12C1=C(C=CCC1)c1ccccc12. The highest BCUT2D eigenvalue weighted by atomic mass is 79.9. The number of rotatable bonds is 0. The molecule has 4 aromatic rings. The third-order valence-corrected chi connectivity index (χ3v) is 7.24. The van der Waals surface area contributed by atoms with Gasteiger partial charge in [-0.15, -0.1) is 0 Å². The summed E-state index contributed by atoms with van der Waals surface area (Å²) in [7, 11) is 0. The molecular weight excluding hydrogens is 420 g/mol. The monoisotopic (exact) mass is 436 g/mol. The number of nitrogens with zero attached hydrogens (tertiary/aromatic N) is 2. The minimum absolute atomic E-state index is 0.293. The number of aromatic nitrogens is 2. The van der Waals surface area contributed by atoms with Crippen LogP contribution in [0.2, 0.25) is 0 Å². The first kappa shape index (κ1) is 15.9. The van der Waals surface area contributed by atoms with Crippen molar-refractivity contribution in [1.82, 2.24) is 9.55 Å². The Hall–Kier alpha value is -2.91. The second-order valence-corrected chi connectivity index (χ2v) is 8.97. The van der Waals surface area contributed by atoms with Crippen molar-refractivity contribution in [2.24, 2.45) is 0 Å². The number of benzene rings is 3. The van der Waals surface area contributed by atoms with Crippen molar-refractivity contribution >= 4 is 32.5 Å². The fraction of sp³-hybridized carbons (Fsp3) is 0.115.